The van der Waals surface area contributed by atoms with Crippen molar-refractivity contribution >= 4 is 10.0 Å². The minimum Gasteiger partial charge on any atom is -0.494 e. The molecular weight excluding hydrogens is 414 g/mol. The van der Waals surface area contributed by atoms with Gasteiger partial charge in [-0.05, 0) is 64.0 Å². The molecule has 0 bridgehead atoms. The molecule has 2 aliphatic heterocycles. The molecule has 0 N–H and O–H groups in total. The van der Waals surface area contributed by atoms with Gasteiger partial charge in [-0.1, -0.05) is 12.1 Å². The molecule has 0 amide bonds. The average molecular weight is 454 g/mol. The lowest BCUT2D eigenvalue weighted by Gasteiger charge is -2.40. The van der Waals surface area contributed by atoms with Crippen molar-refractivity contribution in [3.8, 4) is 5.75 Å². The molecule has 2 heterocycles. The molecule has 0 aliphatic carbocycles. The van der Waals surface area contributed by atoms with E-state index in [2.05, 4.69) is 36.0 Å². The number of rotatable bonds is 10. The molecule has 1 aromatic carbocycles. The molecule has 2 aliphatic rings. The first-order chi connectivity index (χ1) is 14.7. The number of ether oxygens (including phenoxy) is 2. The van der Waals surface area contributed by atoms with Crippen LogP contribution in [0.4, 0.5) is 0 Å². The van der Waals surface area contributed by atoms with Crippen LogP contribution in [-0.2, 0) is 20.2 Å². The fraction of sp³-hybridized carbons (Fsp3) is 0.739. The van der Waals surface area contributed by atoms with E-state index in [1.54, 1.807) is 7.05 Å². The number of hydrogen-bond donors (Lipinski definition) is 0. The summed E-state index contributed by atoms with van der Waals surface area (Å²) in [5.74, 6) is 0.870. The molecule has 2 saturated heterocycles. The summed E-state index contributed by atoms with van der Waals surface area (Å²) < 4.78 is 37.0. The molecule has 2 fully saturated rings. The fourth-order valence-corrected chi connectivity index (χ4v) is 5.15. The van der Waals surface area contributed by atoms with E-state index < -0.39 is 10.0 Å². The second-order valence-corrected chi connectivity index (χ2v) is 11.4. The van der Waals surface area contributed by atoms with Crippen LogP contribution in [0.15, 0.2) is 24.3 Å². The van der Waals surface area contributed by atoms with Crippen molar-refractivity contribution in [2.75, 3.05) is 73.4 Å². The highest BCUT2D eigenvalue weighted by atomic mass is 32.2. The lowest BCUT2D eigenvalue weighted by Crippen LogP contribution is -2.45. The van der Waals surface area contributed by atoms with E-state index in [0.29, 0.717) is 32.4 Å². The van der Waals surface area contributed by atoms with Crippen molar-refractivity contribution in [2.24, 2.45) is 0 Å². The number of nitrogens with zero attached hydrogens (tertiary/aromatic N) is 3. The molecule has 7 nitrogen and oxygen atoms in total. The Hall–Kier alpha value is -1.19. The topological polar surface area (TPSA) is 62.3 Å². The molecule has 31 heavy (non-hydrogen) atoms. The molecule has 8 heteroatoms. The Morgan fingerprint density at radius 1 is 1.16 bits per heavy atom. The molecule has 0 spiro atoms. The molecule has 176 valence electrons. The average Bonchev–Trinajstić information content (AvgIpc) is 3.21. The van der Waals surface area contributed by atoms with E-state index in [9.17, 15) is 8.42 Å². The van der Waals surface area contributed by atoms with Gasteiger partial charge in [0.2, 0.25) is 10.0 Å². The van der Waals surface area contributed by atoms with Crippen molar-refractivity contribution in [1.82, 2.24) is 14.1 Å². The van der Waals surface area contributed by atoms with Gasteiger partial charge in [0.25, 0.3) is 0 Å². The van der Waals surface area contributed by atoms with Gasteiger partial charge >= 0.3 is 0 Å². The molecule has 0 saturated carbocycles. The third-order valence-corrected chi connectivity index (χ3v) is 8.13. The number of likely N-dealkylation sites (N-methyl/N-ethyl adjacent to an activating group) is 2. The Kier molecular flexibility index (Phi) is 8.37. The van der Waals surface area contributed by atoms with Crippen LogP contribution >= 0.6 is 0 Å². The highest BCUT2D eigenvalue weighted by Gasteiger charge is 2.37. The zero-order valence-corrected chi connectivity index (χ0v) is 20.4. The van der Waals surface area contributed by atoms with Crippen molar-refractivity contribution in [3.05, 3.63) is 29.8 Å². The fourth-order valence-electron chi connectivity index (χ4n) is 4.66. The molecule has 0 radical (unpaired) electrons. The normalized spacial score (nSPS) is 22.3. The Balaban J connectivity index is 1.53. The van der Waals surface area contributed by atoms with Crippen LogP contribution in [0.25, 0.3) is 0 Å². The standard InChI is InChI=1S/C23H39N3O4S/c1-24(2)21-10-14-26(18-21)13-5-15-30-22-8-6-20(7-9-22)23(11-16-29-17-12-23)19-25(3)31(4,27)28/h6-9,21H,5,10-19H2,1-4H3/t21-/m1/s1. The first-order valence-corrected chi connectivity index (χ1v) is 13.2. The zero-order valence-electron chi connectivity index (χ0n) is 19.5. The van der Waals surface area contributed by atoms with Gasteiger partial charge in [0.15, 0.2) is 0 Å². The van der Waals surface area contributed by atoms with Crippen molar-refractivity contribution in [2.45, 2.75) is 37.1 Å². The molecular formula is C23H39N3O4S. The SMILES string of the molecule is CN(C)[C@@H]1CCN(CCCOc2ccc(C3(CN(C)S(C)(=O)=O)CCOCC3)cc2)C1. The number of hydrogen-bond acceptors (Lipinski definition) is 6. The quantitative estimate of drug-likeness (QED) is 0.505. The third kappa shape index (κ3) is 6.65. The van der Waals surface area contributed by atoms with Crippen molar-refractivity contribution in [1.29, 1.82) is 0 Å². The Bertz CT molecular complexity index is 792. The lowest BCUT2D eigenvalue weighted by atomic mass is 9.74. The van der Waals surface area contributed by atoms with E-state index in [4.69, 9.17) is 9.47 Å². The molecule has 0 unspecified atom stereocenters. The van der Waals surface area contributed by atoms with E-state index in [0.717, 1.165) is 43.7 Å². The Labute approximate surface area is 188 Å². The van der Waals surface area contributed by atoms with Crippen LogP contribution in [0.2, 0.25) is 0 Å². The predicted octanol–water partition coefficient (Wildman–Crippen LogP) is 2.03. The summed E-state index contributed by atoms with van der Waals surface area (Å²) in [5.41, 5.74) is 0.943. The second kappa shape index (κ2) is 10.6. The summed E-state index contributed by atoms with van der Waals surface area (Å²) in [6, 6.07) is 8.90. The third-order valence-electron chi connectivity index (χ3n) is 6.87. The first kappa shape index (κ1) is 24.5. The van der Waals surface area contributed by atoms with Crippen LogP contribution in [0.5, 0.6) is 5.75 Å². The number of benzene rings is 1. The first-order valence-electron chi connectivity index (χ1n) is 11.3. The van der Waals surface area contributed by atoms with Crippen molar-refractivity contribution in [3.63, 3.8) is 0 Å². The van der Waals surface area contributed by atoms with E-state index >= 15 is 0 Å². The van der Waals surface area contributed by atoms with Gasteiger partial charge in [0, 0.05) is 51.4 Å². The smallest absolute Gasteiger partial charge is 0.210 e. The summed E-state index contributed by atoms with van der Waals surface area (Å²) in [7, 11) is 2.75. The lowest BCUT2D eigenvalue weighted by molar-refractivity contribution is 0.0446. The molecule has 1 aromatic rings. The maximum absolute atomic E-state index is 12.0. The summed E-state index contributed by atoms with van der Waals surface area (Å²) in [4.78, 5) is 4.83. The maximum Gasteiger partial charge on any atom is 0.210 e. The largest absolute Gasteiger partial charge is 0.494 e. The number of sulfonamides is 1. The maximum atomic E-state index is 12.0. The minimum atomic E-state index is -3.23. The van der Waals surface area contributed by atoms with E-state index in [1.165, 1.54) is 23.5 Å². The molecule has 1 atom stereocenters. The van der Waals surface area contributed by atoms with E-state index in [-0.39, 0.29) is 5.41 Å². The van der Waals surface area contributed by atoms with Gasteiger partial charge in [-0.25, -0.2) is 12.7 Å². The van der Waals surface area contributed by atoms with Crippen LogP contribution in [-0.4, -0.2) is 102 Å². The van der Waals surface area contributed by atoms with Gasteiger partial charge in [-0.3, -0.25) is 0 Å². The number of likely N-dealkylation sites (tertiary alicyclic amines) is 1. The monoisotopic (exact) mass is 453 g/mol. The van der Waals surface area contributed by atoms with Gasteiger partial charge in [0.1, 0.15) is 5.75 Å². The van der Waals surface area contributed by atoms with Crippen LogP contribution < -0.4 is 4.74 Å². The van der Waals surface area contributed by atoms with Gasteiger partial charge in [-0.2, -0.15) is 0 Å². The minimum absolute atomic E-state index is 0.215. The highest BCUT2D eigenvalue weighted by molar-refractivity contribution is 7.88. The second-order valence-electron chi connectivity index (χ2n) is 9.34. The summed E-state index contributed by atoms with van der Waals surface area (Å²) >= 11 is 0. The van der Waals surface area contributed by atoms with Crippen LogP contribution in [0, 0.1) is 0 Å². The van der Waals surface area contributed by atoms with E-state index in [1.807, 2.05) is 12.1 Å². The highest BCUT2D eigenvalue weighted by Crippen LogP contribution is 2.36. The summed E-state index contributed by atoms with van der Waals surface area (Å²) in [6.45, 7) is 5.88. The van der Waals surface area contributed by atoms with Crippen LogP contribution in [0.3, 0.4) is 0 Å². The Morgan fingerprint density at radius 3 is 2.42 bits per heavy atom. The van der Waals surface area contributed by atoms with Gasteiger partial charge in [0.05, 0.1) is 12.9 Å². The molecule has 3 rings (SSSR count). The molecule has 0 aromatic heterocycles. The zero-order chi connectivity index (χ0) is 22.5. The van der Waals surface area contributed by atoms with Gasteiger partial charge < -0.3 is 19.3 Å². The predicted molar refractivity (Wildman–Crippen MR) is 124 cm³/mol. The Morgan fingerprint density at radius 2 is 1.84 bits per heavy atom. The van der Waals surface area contributed by atoms with Crippen LogP contribution in [0.1, 0.15) is 31.2 Å². The van der Waals surface area contributed by atoms with Crippen molar-refractivity contribution < 1.29 is 17.9 Å². The summed E-state index contributed by atoms with van der Waals surface area (Å²) in [5, 5.41) is 0. The van der Waals surface area contributed by atoms with Gasteiger partial charge in [-0.15, -0.1) is 0 Å². The summed E-state index contributed by atoms with van der Waals surface area (Å²) in [6.07, 6.45) is 5.16.